The van der Waals surface area contributed by atoms with Crippen LogP contribution >= 0.6 is 0 Å². The maximum Gasteiger partial charge on any atom is 0.302 e. The standard InChI is InChI=1S/C17H14F2N2O2/c1-2-22-17-20-12-7-6-11(18)14(19)15(12)21(17)13-5-3-4-10-8-9-23-16(10)13/h3-7H,2,8-9H2,1H3. The van der Waals surface area contributed by atoms with Crippen LogP contribution in [0.1, 0.15) is 12.5 Å². The van der Waals surface area contributed by atoms with E-state index >= 15 is 0 Å². The average Bonchev–Trinajstić information content (AvgIpc) is 3.15. The smallest absolute Gasteiger partial charge is 0.302 e. The lowest BCUT2D eigenvalue weighted by molar-refractivity contribution is 0.307. The number of imidazole rings is 1. The first-order valence-corrected chi connectivity index (χ1v) is 7.45. The van der Waals surface area contributed by atoms with Crippen LogP contribution in [0, 0.1) is 11.6 Å². The van der Waals surface area contributed by atoms with Crippen LogP contribution in [0.2, 0.25) is 0 Å². The number of rotatable bonds is 3. The normalized spacial score (nSPS) is 13.2. The van der Waals surface area contributed by atoms with Gasteiger partial charge in [0.2, 0.25) is 0 Å². The molecule has 0 N–H and O–H groups in total. The quantitative estimate of drug-likeness (QED) is 0.740. The maximum atomic E-state index is 14.4. The SMILES string of the molecule is CCOc1nc2ccc(F)c(F)c2n1-c1cccc2c1OCC2. The third-order valence-corrected chi connectivity index (χ3v) is 3.89. The van der Waals surface area contributed by atoms with Crippen molar-refractivity contribution < 1.29 is 18.3 Å². The van der Waals surface area contributed by atoms with E-state index < -0.39 is 11.6 Å². The number of nitrogens with zero attached hydrogens (tertiary/aromatic N) is 2. The molecule has 2 aromatic carbocycles. The fourth-order valence-corrected chi connectivity index (χ4v) is 2.90. The first kappa shape index (κ1) is 14.0. The second kappa shape index (κ2) is 5.22. The van der Waals surface area contributed by atoms with Crippen molar-refractivity contribution in [3.8, 4) is 17.4 Å². The molecule has 0 unspecified atom stereocenters. The van der Waals surface area contributed by atoms with Crippen LogP contribution in [-0.4, -0.2) is 22.8 Å². The van der Waals surface area contributed by atoms with Crippen LogP contribution in [0.25, 0.3) is 16.7 Å². The molecule has 0 aliphatic carbocycles. The summed E-state index contributed by atoms with van der Waals surface area (Å²) < 4.78 is 40.9. The maximum absolute atomic E-state index is 14.4. The average molecular weight is 316 g/mol. The largest absolute Gasteiger partial charge is 0.491 e. The summed E-state index contributed by atoms with van der Waals surface area (Å²) in [5.41, 5.74) is 2.03. The number of ether oxygens (including phenoxy) is 2. The van der Waals surface area contributed by atoms with Gasteiger partial charge in [-0.05, 0) is 30.7 Å². The van der Waals surface area contributed by atoms with Crippen LogP contribution in [0.15, 0.2) is 30.3 Å². The summed E-state index contributed by atoms with van der Waals surface area (Å²) >= 11 is 0. The molecule has 0 fully saturated rings. The Morgan fingerprint density at radius 1 is 1.26 bits per heavy atom. The molecule has 23 heavy (non-hydrogen) atoms. The van der Waals surface area contributed by atoms with Crippen molar-refractivity contribution in [2.24, 2.45) is 0 Å². The van der Waals surface area contributed by atoms with Crippen LogP contribution < -0.4 is 9.47 Å². The van der Waals surface area contributed by atoms with E-state index in [2.05, 4.69) is 4.98 Å². The molecule has 1 aliphatic heterocycles. The number of hydrogen-bond donors (Lipinski definition) is 0. The van der Waals surface area contributed by atoms with Gasteiger partial charge in [-0.25, -0.2) is 8.78 Å². The topological polar surface area (TPSA) is 36.3 Å². The zero-order chi connectivity index (χ0) is 16.0. The summed E-state index contributed by atoms with van der Waals surface area (Å²) in [6.45, 7) is 2.75. The predicted octanol–water partition coefficient (Wildman–Crippen LogP) is 3.64. The Kier molecular flexibility index (Phi) is 3.18. The van der Waals surface area contributed by atoms with E-state index in [0.29, 0.717) is 30.2 Å². The first-order valence-electron chi connectivity index (χ1n) is 7.45. The molecule has 118 valence electrons. The van der Waals surface area contributed by atoms with E-state index in [1.165, 1.54) is 10.6 Å². The van der Waals surface area contributed by atoms with E-state index in [4.69, 9.17) is 9.47 Å². The third kappa shape index (κ3) is 2.05. The lowest BCUT2D eigenvalue weighted by Crippen LogP contribution is -2.04. The molecule has 0 atom stereocenters. The molecular weight excluding hydrogens is 302 g/mol. The zero-order valence-electron chi connectivity index (χ0n) is 12.5. The van der Waals surface area contributed by atoms with Crippen molar-refractivity contribution in [2.45, 2.75) is 13.3 Å². The van der Waals surface area contributed by atoms with Crippen LogP contribution in [0.5, 0.6) is 11.8 Å². The third-order valence-electron chi connectivity index (χ3n) is 3.89. The van der Waals surface area contributed by atoms with Gasteiger partial charge in [0, 0.05) is 6.42 Å². The summed E-state index contributed by atoms with van der Waals surface area (Å²) in [4.78, 5) is 4.28. The Balaban J connectivity index is 2.07. The lowest BCUT2D eigenvalue weighted by atomic mass is 10.1. The van der Waals surface area contributed by atoms with Crippen molar-refractivity contribution in [2.75, 3.05) is 13.2 Å². The van der Waals surface area contributed by atoms with E-state index in [0.717, 1.165) is 18.1 Å². The lowest BCUT2D eigenvalue weighted by Gasteiger charge is -2.13. The molecule has 0 amide bonds. The fourth-order valence-electron chi connectivity index (χ4n) is 2.90. The van der Waals surface area contributed by atoms with E-state index in [1.807, 2.05) is 19.1 Å². The minimum absolute atomic E-state index is 0.0531. The summed E-state index contributed by atoms with van der Waals surface area (Å²) in [6, 6.07) is 8.34. The molecule has 0 saturated heterocycles. The van der Waals surface area contributed by atoms with Crippen LogP contribution in [0.4, 0.5) is 8.78 Å². The van der Waals surface area contributed by atoms with Crippen molar-refractivity contribution in [1.82, 2.24) is 9.55 Å². The zero-order valence-corrected chi connectivity index (χ0v) is 12.5. The predicted molar refractivity (Wildman–Crippen MR) is 81.4 cm³/mol. The Hall–Kier alpha value is -2.63. The van der Waals surface area contributed by atoms with E-state index in [1.54, 1.807) is 6.07 Å². The minimum atomic E-state index is -0.948. The Bertz CT molecular complexity index is 905. The summed E-state index contributed by atoms with van der Waals surface area (Å²) in [5, 5.41) is 0. The molecule has 0 radical (unpaired) electrons. The van der Waals surface area contributed by atoms with Gasteiger partial charge in [0.15, 0.2) is 11.6 Å². The molecular formula is C17H14F2N2O2. The molecule has 4 nitrogen and oxygen atoms in total. The van der Waals surface area contributed by atoms with Gasteiger partial charge in [0.1, 0.15) is 11.3 Å². The van der Waals surface area contributed by atoms with Gasteiger partial charge >= 0.3 is 6.01 Å². The monoisotopic (exact) mass is 316 g/mol. The number of aromatic nitrogens is 2. The number of benzene rings is 2. The van der Waals surface area contributed by atoms with E-state index in [-0.39, 0.29) is 11.5 Å². The van der Waals surface area contributed by atoms with Gasteiger partial charge in [0.05, 0.1) is 24.4 Å². The molecule has 3 aromatic rings. The Labute approximate surface area is 131 Å². The molecule has 1 aliphatic rings. The van der Waals surface area contributed by atoms with Gasteiger partial charge in [0.25, 0.3) is 0 Å². The first-order chi connectivity index (χ1) is 11.2. The second-order valence-electron chi connectivity index (χ2n) is 5.26. The summed E-state index contributed by atoms with van der Waals surface area (Å²) in [7, 11) is 0. The van der Waals surface area contributed by atoms with Gasteiger partial charge in [-0.1, -0.05) is 12.1 Å². The second-order valence-corrected chi connectivity index (χ2v) is 5.26. The van der Waals surface area contributed by atoms with Crippen LogP contribution in [0.3, 0.4) is 0 Å². The molecule has 2 heterocycles. The Morgan fingerprint density at radius 2 is 2.13 bits per heavy atom. The molecule has 0 saturated carbocycles. The molecule has 4 rings (SSSR count). The van der Waals surface area contributed by atoms with Gasteiger partial charge in [-0.15, -0.1) is 0 Å². The molecule has 1 aromatic heterocycles. The van der Waals surface area contributed by atoms with Crippen LogP contribution in [-0.2, 0) is 6.42 Å². The van der Waals surface area contributed by atoms with Gasteiger partial charge in [-0.2, -0.15) is 4.98 Å². The number of hydrogen-bond acceptors (Lipinski definition) is 3. The Morgan fingerprint density at radius 3 is 2.96 bits per heavy atom. The minimum Gasteiger partial charge on any atom is -0.491 e. The molecule has 0 spiro atoms. The van der Waals surface area contributed by atoms with Crippen molar-refractivity contribution in [1.29, 1.82) is 0 Å². The van der Waals surface area contributed by atoms with Gasteiger partial charge < -0.3 is 9.47 Å². The highest BCUT2D eigenvalue weighted by atomic mass is 19.2. The van der Waals surface area contributed by atoms with E-state index in [9.17, 15) is 8.78 Å². The summed E-state index contributed by atoms with van der Waals surface area (Å²) in [6.07, 6.45) is 0.788. The highest BCUT2D eigenvalue weighted by molar-refractivity contribution is 5.81. The summed E-state index contributed by atoms with van der Waals surface area (Å²) in [5.74, 6) is -1.21. The van der Waals surface area contributed by atoms with Crippen molar-refractivity contribution >= 4 is 11.0 Å². The fraction of sp³-hybridized carbons (Fsp3) is 0.235. The molecule has 6 heteroatoms. The number of halogens is 2. The van der Waals surface area contributed by atoms with Crippen molar-refractivity contribution in [3.63, 3.8) is 0 Å². The highest BCUT2D eigenvalue weighted by Gasteiger charge is 2.24. The highest BCUT2D eigenvalue weighted by Crippen LogP contribution is 2.37. The van der Waals surface area contributed by atoms with Gasteiger partial charge in [-0.3, -0.25) is 4.57 Å². The number of fused-ring (bicyclic) bond motifs is 2. The molecule has 0 bridgehead atoms. The number of para-hydroxylation sites is 1. The van der Waals surface area contributed by atoms with Crippen molar-refractivity contribution in [3.05, 3.63) is 47.5 Å².